The number of hydrogen-bond donors (Lipinski definition) is 2. The van der Waals surface area contributed by atoms with Crippen molar-refractivity contribution in [3.63, 3.8) is 0 Å². The number of hydrogen-bond acceptors (Lipinski definition) is 7. The van der Waals surface area contributed by atoms with Gasteiger partial charge in [0, 0.05) is 18.0 Å². The van der Waals surface area contributed by atoms with E-state index in [0.29, 0.717) is 11.4 Å². The minimum Gasteiger partial charge on any atom is -0.376 e. The molecule has 136 valence electrons. The van der Waals surface area contributed by atoms with Crippen molar-refractivity contribution < 1.29 is 9.53 Å². The zero-order valence-electron chi connectivity index (χ0n) is 14.4. The van der Waals surface area contributed by atoms with E-state index < -0.39 is 0 Å². The van der Waals surface area contributed by atoms with Crippen LogP contribution in [-0.4, -0.2) is 35.1 Å². The molecular weight excluding hydrogens is 368 g/mol. The molecule has 4 rings (SSSR count). The van der Waals surface area contributed by atoms with E-state index in [1.807, 2.05) is 24.4 Å². The van der Waals surface area contributed by atoms with Gasteiger partial charge in [0.15, 0.2) is 0 Å². The van der Waals surface area contributed by atoms with E-state index in [2.05, 4.69) is 20.6 Å². The Bertz CT molecular complexity index is 901. The molecule has 1 aliphatic heterocycles. The van der Waals surface area contributed by atoms with E-state index in [1.54, 1.807) is 17.7 Å². The molecule has 0 bridgehead atoms. The Hall–Kier alpha value is -2.03. The van der Waals surface area contributed by atoms with Crippen LogP contribution in [0.15, 0.2) is 23.8 Å². The second-order valence-corrected chi connectivity index (χ2v) is 8.27. The van der Waals surface area contributed by atoms with Crippen LogP contribution in [-0.2, 0) is 11.3 Å². The van der Waals surface area contributed by atoms with Crippen molar-refractivity contribution in [2.75, 3.05) is 18.5 Å². The topological polar surface area (TPSA) is 76.1 Å². The lowest BCUT2D eigenvalue weighted by Crippen LogP contribution is -2.22. The Morgan fingerprint density at radius 2 is 2.35 bits per heavy atom. The summed E-state index contributed by atoms with van der Waals surface area (Å²) in [7, 11) is 0. The molecule has 6 nitrogen and oxygen atoms in total. The first-order valence-electron chi connectivity index (χ1n) is 8.62. The molecule has 1 unspecified atom stereocenters. The Labute approximate surface area is 159 Å². The largest absolute Gasteiger partial charge is 0.376 e. The number of thiophene rings is 2. The number of fused-ring (bicyclic) bond motifs is 1. The third kappa shape index (κ3) is 3.58. The quantitative estimate of drug-likeness (QED) is 0.675. The molecule has 1 saturated heterocycles. The standard InChI is InChI=1S/C18H20N4O2S2/c1-11-14-16(19-8-12-4-2-6-24-12)21-10-22-18(14)26-15(11)17(23)20-9-13-5-3-7-25-13/h3,5,7,10,12H,2,4,6,8-9H2,1H3,(H,20,23)(H,19,21,22). The van der Waals surface area contributed by atoms with Crippen molar-refractivity contribution in [2.45, 2.75) is 32.4 Å². The third-order valence-corrected chi connectivity index (χ3v) is 6.53. The van der Waals surface area contributed by atoms with Crippen LogP contribution in [0, 0.1) is 6.92 Å². The van der Waals surface area contributed by atoms with E-state index in [4.69, 9.17) is 4.74 Å². The number of aromatic nitrogens is 2. The van der Waals surface area contributed by atoms with Gasteiger partial charge >= 0.3 is 0 Å². The van der Waals surface area contributed by atoms with Gasteiger partial charge in [0.2, 0.25) is 0 Å². The van der Waals surface area contributed by atoms with Gasteiger partial charge < -0.3 is 15.4 Å². The first-order valence-corrected chi connectivity index (χ1v) is 10.3. The number of anilines is 1. The van der Waals surface area contributed by atoms with Gasteiger partial charge in [-0.15, -0.1) is 22.7 Å². The fraction of sp³-hybridized carbons (Fsp3) is 0.389. The summed E-state index contributed by atoms with van der Waals surface area (Å²) in [6.07, 6.45) is 3.95. The summed E-state index contributed by atoms with van der Waals surface area (Å²) in [6, 6.07) is 4.00. The van der Waals surface area contributed by atoms with Gasteiger partial charge in [-0.1, -0.05) is 6.07 Å². The predicted octanol–water partition coefficient (Wildman–Crippen LogP) is 3.58. The zero-order valence-corrected chi connectivity index (χ0v) is 16.1. The maximum Gasteiger partial charge on any atom is 0.262 e. The first-order chi connectivity index (χ1) is 12.7. The van der Waals surface area contributed by atoms with Crippen molar-refractivity contribution in [1.82, 2.24) is 15.3 Å². The molecule has 26 heavy (non-hydrogen) atoms. The van der Waals surface area contributed by atoms with E-state index in [1.165, 1.54) is 11.3 Å². The minimum absolute atomic E-state index is 0.0658. The molecule has 3 aromatic rings. The molecule has 4 heterocycles. The molecule has 0 spiro atoms. The van der Waals surface area contributed by atoms with Gasteiger partial charge in [0.1, 0.15) is 17.0 Å². The van der Waals surface area contributed by atoms with Crippen LogP contribution in [0.5, 0.6) is 0 Å². The lowest BCUT2D eigenvalue weighted by Gasteiger charge is -2.12. The lowest BCUT2D eigenvalue weighted by atomic mass is 10.2. The normalized spacial score (nSPS) is 16.9. The molecule has 0 aromatic carbocycles. The molecule has 8 heteroatoms. The van der Waals surface area contributed by atoms with Gasteiger partial charge in [-0.05, 0) is 36.8 Å². The summed E-state index contributed by atoms with van der Waals surface area (Å²) < 4.78 is 5.66. The molecular formula is C18H20N4O2S2. The fourth-order valence-electron chi connectivity index (χ4n) is 3.10. The fourth-order valence-corrected chi connectivity index (χ4v) is 4.81. The van der Waals surface area contributed by atoms with Crippen molar-refractivity contribution >= 4 is 44.6 Å². The van der Waals surface area contributed by atoms with Crippen molar-refractivity contribution in [3.8, 4) is 0 Å². The zero-order chi connectivity index (χ0) is 17.9. The van der Waals surface area contributed by atoms with Crippen LogP contribution in [0.2, 0.25) is 0 Å². The Morgan fingerprint density at radius 3 is 3.12 bits per heavy atom. The Balaban J connectivity index is 1.53. The predicted molar refractivity (Wildman–Crippen MR) is 105 cm³/mol. The summed E-state index contributed by atoms with van der Waals surface area (Å²) in [4.78, 5) is 24.0. The molecule has 0 radical (unpaired) electrons. The summed E-state index contributed by atoms with van der Waals surface area (Å²) in [5, 5.41) is 9.31. The first kappa shape index (κ1) is 17.4. The highest BCUT2D eigenvalue weighted by atomic mass is 32.1. The number of carbonyl (C=O) groups is 1. The van der Waals surface area contributed by atoms with E-state index in [-0.39, 0.29) is 12.0 Å². The van der Waals surface area contributed by atoms with Crippen LogP contribution in [0.1, 0.15) is 33.0 Å². The van der Waals surface area contributed by atoms with E-state index in [9.17, 15) is 4.79 Å². The second kappa shape index (κ2) is 7.69. The summed E-state index contributed by atoms with van der Waals surface area (Å²) in [5.41, 5.74) is 0.920. The summed E-state index contributed by atoms with van der Waals surface area (Å²) >= 11 is 3.05. The number of nitrogens with one attached hydrogen (secondary N) is 2. The number of rotatable bonds is 6. The molecule has 1 atom stereocenters. The van der Waals surface area contributed by atoms with Crippen molar-refractivity contribution in [1.29, 1.82) is 0 Å². The maximum atomic E-state index is 12.6. The highest BCUT2D eigenvalue weighted by molar-refractivity contribution is 7.20. The summed E-state index contributed by atoms with van der Waals surface area (Å²) in [5.74, 6) is 0.709. The lowest BCUT2D eigenvalue weighted by molar-refractivity contribution is 0.0955. The van der Waals surface area contributed by atoms with Crippen LogP contribution in [0.3, 0.4) is 0 Å². The molecule has 1 aliphatic rings. The molecule has 3 aromatic heterocycles. The Morgan fingerprint density at radius 1 is 1.42 bits per heavy atom. The minimum atomic E-state index is -0.0658. The molecule has 0 aliphatic carbocycles. The number of ether oxygens (including phenoxy) is 1. The number of carbonyl (C=O) groups excluding carboxylic acids is 1. The van der Waals surface area contributed by atoms with Crippen molar-refractivity contribution in [3.05, 3.63) is 39.2 Å². The smallest absolute Gasteiger partial charge is 0.262 e. The molecule has 1 fully saturated rings. The molecule has 1 amide bonds. The van der Waals surface area contributed by atoms with Gasteiger partial charge in [-0.25, -0.2) is 9.97 Å². The molecule has 2 N–H and O–H groups in total. The van der Waals surface area contributed by atoms with Gasteiger partial charge in [0.25, 0.3) is 5.91 Å². The van der Waals surface area contributed by atoms with Crippen molar-refractivity contribution in [2.24, 2.45) is 0 Å². The van der Waals surface area contributed by atoms with Crippen LogP contribution < -0.4 is 10.6 Å². The molecule has 0 saturated carbocycles. The van der Waals surface area contributed by atoms with E-state index in [0.717, 1.165) is 52.5 Å². The average molecular weight is 389 g/mol. The number of nitrogens with zero attached hydrogens (tertiary/aromatic N) is 2. The monoisotopic (exact) mass is 388 g/mol. The Kier molecular flexibility index (Phi) is 5.14. The van der Waals surface area contributed by atoms with Crippen LogP contribution >= 0.6 is 22.7 Å². The highest BCUT2D eigenvalue weighted by Gasteiger charge is 2.20. The summed E-state index contributed by atoms with van der Waals surface area (Å²) in [6.45, 7) is 4.05. The maximum absolute atomic E-state index is 12.6. The highest BCUT2D eigenvalue weighted by Crippen LogP contribution is 2.33. The van der Waals surface area contributed by atoms with E-state index >= 15 is 0 Å². The number of aryl methyl sites for hydroxylation is 1. The average Bonchev–Trinajstić information content (AvgIpc) is 3.40. The second-order valence-electron chi connectivity index (χ2n) is 6.24. The third-order valence-electron chi connectivity index (χ3n) is 4.46. The van der Waals surface area contributed by atoms with Crippen LogP contribution in [0.4, 0.5) is 5.82 Å². The van der Waals surface area contributed by atoms with Gasteiger partial charge in [0.05, 0.1) is 22.9 Å². The van der Waals surface area contributed by atoms with Gasteiger partial charge in [-0.2, -0.15) is 0 Å². The van der Waals surface area contributed by atoms with Gasteiger partial charge in [-0.3, -0.25) is 4.79 Å². The SMILES string of the molecule is Cc1c(C(=O)NCc2cccs2)sc2ncnc(NCC3CCCO3)c12. The number of amides is 1. The van der Waals surface area contributed by atoms with Crippen LogP contribution in [0.25, 0.3) is 10.2 Å².